The molecule has 3 saturated carbocycles. The van der Waals surface area contributed by atoms with Gasteiger partial charge in [-0.25, -0.2) is 0 Å². The van der Waals surface area contributed by atoms with E-state index in [1.807, 2.05) is 0 Å². The highest BCUT2D eigenvalue weighted by Gasteiger charge is 2.61. The van der Waals surface area contributed by atoms with Crippen LogP contribution in [0.15, 0.2) is 0 Å². The Hall–Kier alpha value is -1.06. The monoisotopic (exact) mass is 374 g/mol. The van der Waals surface area contributed by atoms with Crippen LogP contribution in [0.1, 0.15) is 86.0 Å². The Morgan fingerprint density at radius 1 is 1.00 bits per heavy atom. The van der Waals surface area contributed by atoms with Gasteiger partial charge in [0.1, 0.15) is 0 Å². The third-order valence-electron chi connectivity index (χ3n) is 8.91. The molecule has 152 valence electrons. The van der Waals surface area contributed by atoms with Gasteiger partial charge < -0.3 is 10.6 Å². The molecule has 2 amide bonds. The van der Waals surface area contributed by atoms with Crippen LogP contribution in [0.5, 0.6) is 0 Å². The highest BCUT2D eigenvalue weighted by molar-refractivity contribution is 5.80. The Balaban J connectivity index is 1.55. The van der Waals surface area contributed by atoms with Crippen LogP contribution in [-0.2, 0) is 9.59 Å². The van der Waals surface area contributed by atoms with E-state index in [0.717, 1.165) is 31.6 Å². The third-order valence-corrected chi connectivity index (χ3v) is 8.91. The molecule has 4 nitrogen and oxygen atoms in total. The lowest BCUT2D eigenvalue weighted by molar-refractivity contribution is -0.142. The largest absolute Gasteiger partial charge is 0.353 e. The second-order valence-corrected chi connectivity index (χ2v) is 11.5. The van der Waals surface area contributed by atoms with Crippen LogP contribution in [-0.4, -0.2) is 23.4 Å². The maximum atomic E-state index is 13.0. The van der Waals surface area contributed by atoms with E-state index in [4.69, 9.17) is 0 Å². The number of carbonyl (C=O) groups is 2. The van der Waals surface area contributed by atoms with Gasteiger partial charge in [-0.2, -0.15) is 0 Å². The van der Waals surface area contributed by atoms with Crippen LogP contribution in [0, 0.1) is 34.5 Å². The van der Waals surface area contributed by atoms with Gasteiger partial charge in [-0.1, -0.05) is 13.8 Å². The van der Waals surface area contributed by atoms with Crippen molar-refractivity contribution in [2.75, 3.05) is 0 Å². The first kappa shape index (κ1) is 19.3. The molecule has 3 aliphatic carbocycles. The predicted octanol–water partition coefficient (Wildman–Crippen LogP) is 4.04. The van der Waals surface area contributed by atoms with Crippen LogP contribution in [0.25, 0.3) is 0 Å². The van der Waals surface area contributed by atoms with Gasteiger partial charge in [-0.3, -0.25) is 9.59 Å². The maximum absolute atomic E-state index is 13.0. The smallest absolute Gasteiger partial charge is 0.224 e. The normalized spacial score (nSPS) is 46.7. The molecule has 7 atom stereocenters. The molecular weight excluding hydrogens is 336 g/mol. The minimum atomic E-state index is -0.158. The molecule has 27 heavy (non-hydrogen) atoms. The topological polar surface area (TPSA) is 58.2 Å². The molecule has 0 aromatic heterocycles. The fraction of sp³-hybridized carbons (Fsp3) is 0.913. The van der Waals surface area contributed by atoms with Crippen molar-refractivity contribution < 1.29 is 9.59 Å². The van der Waals surface area contributed by atoms with Gasteiger partial charge in [0.25, 0.3) is 0 Å². The SMILES string of the molecule is CC(C)(C)NC(=O)C1CCC2C3CC[C@H]4NC(=O)CC[C@]4(C)C3CC[C@]12C. The van der Waals surface area contributed by atoms with Crippen LogP contribution in [0.2, 0.25) is 0 Å². The molecular formula is C23H38N2O2. The fourth-order valence-corrected chi connectivity index (χ4v) is 7.59. The lowest BCUT2D eigenvalue weighted by atomic mass is 9.47. The van der Waals surface area contributed by atoms with E-state index in [1.165, 1.54) is 19.3 Å². The average Bonchev–Trinajstić information content (AvgIpc) is 2.91. The molecule has 1 heterocycles. The van der Waals surface area contributed by atoms with Crippen LogP contribution < -0.4 is 10.6 Å². The highest BCUT2D eigenvalue weighted by Crippen LogP contribution is 2.65. The first-order valence-corrected chi connectivity index (χ1v) is 11.2. The zero-order valence-electron chi connectivity index (χ0n) is 17.9. The zero-order valence-corrected chi connectivity index (χ0v) is 17.9. The number of hydrogen-bond donors (Lipinski definition) is 2. The molecule has 4 fully saturated rings. The summed E-state index contributed by atoms with van der Waals surface area (Å²) in [5, 5.41) is 6.57. The molecule has 4 aliphatic rings. The van der Waals surface area contributed by atoms with E-state index < -0.39 is 0 Å². The van der Waals surface area contributed by atoms with Crippen molar-refractivity contribution in [2.45, 2.75) is 97.6 Å². The number of nitrogens with one attached hydrogen (secondary N) is 2. The van der Waals surface area contributed by atoms with Crippen molar-refractivity contribution >= 4 is 11.8 Å². The molecule has 1 saturated heterocycles. The quantitative estimate of drug-likeness (QED) is 0.728. The summed E-state index contributed by atoms with van der Waals surface area (Å²) in [6.45, 7) is 11.1. The van der Waals surface area contributed by atoms with Gasteiger partial charge in [-0.05, 0) is 94.3 Å². The first-order chi connectivity index (χ1) is 12.5. The summed E-state index contributed by atoms with van der Waals surface area (Å²) in [4.78, 5) is 25.0. The first-order valence-electron chi connectivity index (χ1n) is 11.2. The molecule has 0 aromatic carbocycles. The third kappa shape index (κ3) is 3.02. The Morgan fingerprint density at radius 3 is 2.41 bits per heavy atom. The molecule has 1 aliphatic heterocycles. The Kier molecular flexibility index (Phi) is 4.44. The molecule has 0 aromatic rings. The summed E-state index contributed by atoms with van der Waals surface area (Å²) < 4.78 is 0. The minimum absolute atomic E-state index is 0.150. The summed E-state index contributed by atoms with van der Waals surface area (Å²) in [5.41, 5.74) is 0.246. The number of piperidine rings is 1. The summed E-state index contributed by atoms with van der Waals surface area (Å²) in [6, 6.07) is 0.366. The van der Waals surface area contributed by atoms with Gasteiger partial charge in [0.05, 0.1) is 0 Å². The molecule has 0 spiro atoms. The minimum Gasteiger partial charge on any atom is -0.353 e. The van der Waals surface area contributed by atoms with Crippen LogP contribution >= 0.6 is 0 Å². The van der Waals surface area contributed by atoms with Crippen LogP contribution in [0.3, 0.4) is 0 Å². The average molecular weight is 375 g/mol. The lowest BCUT2D eigenvalue weighted by Crippen LogP contribution is -2.61. The number of hydrogen-bond acceptors (Lipinski definition) is 2. The van der Waals surface area contributed by atoms with Crippen molar-refractivity contribution in [2.24, 2.45) is 34.5 Å². The van der Waals surface area contributed by atoms with Crippen molar-refractivity contribution in [3.63, 3.8) is 0 Å². The van der Waals surface area contributed by atoms with Crippen molar-refractivity contribution in [1.82, 2.24) is 10.6 Å². The summed E-state index contributed by atoms with van der Waals surface area (Å²) in [6.07, 6.45) is 8.71. The molecule has 0 radical (unpaired) electrons. The predicted molar refractivity (Wildman–Crippen MR) is 107 cm³/mol. The van der Waals surface area contributed by atoms with Gasteiger partial charge in [0.15, 0.2) is 0 Å². The van der Waals surface area contributed by atoms with Gasteiger partial charge in [0.2, 0.25) is 11.8 Å². The zero-order chi connectivity index (χ0) is 19.6. The van der Waals surface area contributed by atoms with E-state index in [1.54, 1.807) is 0 Å². The van der Waals surface area contributed by atoms with Crippen molar-refractivity contribution in [1.29, 1.82) is 0 Å². The van der Waals surface area contributed by atoms with E-state index in [0.29, 0.717) is 24.3 Å². The lowest BCUT2D eigenvalue weighted by Gasteiger charge is -2.60. The Labute approximate surface area is 164 Å². The molecule has 4 unspecified atom stereocenters. The second-order valence-electron chi connectivity index (χ2n) is 11.5. The van der Waals surface area contributed by atoms with Crippen molar-refractivity contribution in [3.8, 4) is 0 Å². The van der Waals surface area contributed by atoms with Crippen LogP contribution in [0.4, 0.5) is 0 Å². The number of rotatable bonds is 1. The van der Waals surface area contributed by atoms with E-state index >= 15 is 0 Å². The van der Waals surface area contributed by atoms with E-state index in [2.05, 4.69) is 45.3 Å². The Bertz CT molecular complexity index is 639. The molecule has 0 bridgehead atoms. The van der Waals surface area contributed by atoms with E-state index in [-0.39, 0.29) is 34.1 Å². The van der Waals surface area contributed by atoms with E-state index in [9.17, 15) is 9.59 Å². The summed E-state index contributed by atoms with van der Waals surface area (Å²) >= 11 is 0. The number of fused-ring (bicyclic) bond motifs is 5. The Morgan fingerprint density at radius 2 is 1.70 bits per heavy atom. The van der Waals surface area contributed by atoms with Gasteiger partial charge in [0, 0.05) is 23.9 Å². The molecule has 2 N–H and O–H groups in total. The van der Waals surface area contributed by atoms with Gasteiger partial charge >= 0.3 is 0 Å². The van der Waals surface area contributed by atoms with Gasteiger partial charge in [-0.15, -0.1) is 0 Å². The maximum Gasteiger partial charge on any atom is 0.224 e. The number of carbonyl (C=O) groups excluding carboxylic acids is 2. The standard InChI is InChI=1S/C23H38N2O2/c1-21(2,3)25-20(27)17-8-7-15-14-6-9-18-23(5,13-11-19(26)24-18)16(14)10-12-22(15,17)4/h14-18H,6-13H2,1-5H3,(H,24,26)(H,25,27)/t14?,15?,16?,17?,18-,22+,23-/m1/s1. The highest BCUT2D eigenvalue weighted by atomic mass is 16.2. The fourth-order valence-electron chi connectivity index (χ4n) is 7.59. The molecule has 4 rings (SSSR count). The summed E-state index contributed by atoms with van der Waals surface area (Å²) in [5.74, 6) is 2.79. The summed E-state index contributed by atoms with van der Waals surface area (Å²) in [7, 11) is 0. The second kappa shape index (κ2) is 6.22. The van der Waals surface area contributed by atoms with Crippen molar-refractivity contribution in [3.05, 3.63) is 0 Å². The molecule has 4 heteroatoms. The number of amides is 2.